The minimum atomic E-state index is -0.463. The number of ketones is 1. The molecule has 2 aliphatic rings. The highest BCUT2D eigenvalue weighted by Gasteiger charge is 2.45. The van der Waals surface area contributed by atoms with Crippen molar-refractivity contribution in [2.75, 3.05) is 6.61 Å². The third-order valence-electron chi connectivity index (χ3n) is 2.45. The number of ether oxygens (including phenoxy) is 1. The fourth-order valence-electron chi connectivity index (χ4n) is 1.80. The summed E-state index contributed by atoms with van der Waals surface area (Å²) < 4.78 is 4.81. The molecule has 1 fully saturated rings. The van der Waals surface area contributed by atoms with E-state index < -0.39 is 5.97 Å². The molecule has 0 saturated heterocycles. The van der Waals surface area contributed by atoms with Crippen LogP contribution in [0.2, 0.25) is 0 Å². The minimum Gasteiger partial charge on any atom is -0.461 e. The van der Waals surface area contributed by atoms with Gasteiger partial charge < -0.3 is 9.57 Å². The molecular weight excluding hydrogens is 186 g/mol. The van der Waals surface area contributed by atoms with E-state index in [2.05, 4.69) is 5.16 Å². The first-order valence-electron chi connectivity index (χ1n) is 4.65. The van der Waals surface area contributed by atoms with Crippen LogP contribution < -0.4 is 0 Å². The summed E-state index contributed by atoms with van der Waals surface area (Å²) in [5, 5.41) is 3.66. The van der Waals surface area contributed by atoms with Gasteiger partial charge in [0.15, 0.2) is 5.71 Å². The Balaban J connectivity index is 2.07. The number of fused-ring (bicyclic) bond motifs is 1. The first-order valence-corrected chi connectivity index (χ1v) is 4.65. The lowest BCUT2D eigenvalue weighted by molar-refractivity contribution is -0.135. The lowest BCUT2D eigenvalue weighted by Crippen LogP contribution is -2.26. The predicted octanol–water partition coefficient (Wildman–Crippen LogP) is 0.283. The van der Waals surface area contributed by atoms with Gasteiger partial charge in [-0.1, -0.05) is 5.16 Å². The van der Waals surface area contributed by atoms with E-state index in [4.69, 9.17) is 9.57 Å². The summed E-state index contributed by atoms with van der Waals surface area (Å²) in [5.74, 6) is -0.520. The van der Waals surface area contributed by atoms with Gasteiger partial charge in [0.1, 0.15) is 11.9 Å². The summed E-state index contributed by atoms with van der Waals surface area (Å²) in [6, 6.07) is 0. The zero-order chi connectivity index (χ0) is 10.1. The van der Waals surface area contributed by atoms with E-state index >= 15 is 0 Å². The lowest BCUT2D eigenvalue weighted by Gasteiger charge is -2.06. The van der Waals surface area contributed by atoms with Crippen LogP contribution in [0.3, 0.4) is 0 Å². The smallest absolute Gasteiger partial charge is 0.356 e. The standard InChI is InChI=1S/C9H11NO4/c1-2-13-9(12)8-6-3-5(11)4-7(6)14-10-8/h6-7H,2-4H2,1H3. The van der Waals surface area contributed by atoms with Crippen LogP contribution >= 0.6 is 0 Å². The Hall–Kier alpha value is -1.39. The molecular formula is C9H11NO4. The van der Waals surface area contributed by atoms with Crippen molar-refractivity contribution in [1.29, 1.82) is 0 Å². The van der Waals surface area contributed by atoms with Crippen molar-refractivity contribution in [2.24, 2.45) is 11.1 Å². The molecule has 0 bridgehead atoms. The topological polar surface area (TPSA) is 65.0 Å². The average molecular weight is 197 g/mol. The molecule has 5 heteroatoms. The fraction of sp³-hybridized carbons (Fsp3) is 0.667. The Morgan fingerprint density at radius 3 is 3.14 bits per heavy atom. The van der Waals surface area contributed by atoms with Gasteiger partial charge in [-0.2, -0.15) is 0 Å². The molecule has 0 aromatic carbocycles. The second kappa shape index (κ2) is 3.40. The third-order valence-corrected chi connectivity index (χ3v) is 2.45. The molecule has 5 nitrogen and oxygen atoms in total. The maximum absolute atomic E-state index is 11.4. The molecule has 0 aromatic heterocycles. The number of hydrogen-bond acceptors (Lipinski definition) is 5. The Labute approximate surface area is 81.0 Å². The third kappa shape index (κ3) is 1.38. The molecule has 0 spiro atoms. The van der Waals surface area contributed by atoms with Crippen LogP contribution in [0.1, 0.15) is 19.8 Å². The Morgan fingerprint density at radius 1 is 1.64 bits per heavy atom. The van der Waals surface area contributed by atoms with Crippen LogP contribution in [0.15, 0.2) is 5.16 Å². The van der Waals surface area contributed by atoms with Gasteiger partial charge in [0, 0.05) is 12.8 Å². The first-order chi connectivity index (χ1) is 6.72. The molecule has 1 aliphatic carbocycles. The summed E-state index contributed by atoms with van der Waals surface area (Å²) in [5.41, 5.74) is 0.266. The van der Waals surface area contributed by atoms with Gasteiger partial charge >= 0.3 is 5.97 Å². The molecule has 1 aliphatic heterocycles. The minimum absolute atomic E-state index is 0.122. The summed E-state index contributed by atoms with van der Waals surface area (Å²) >= 11 is 0. The molecule has 2 rings (SSSR count). The zero-order valence-electron chi connectivity index (χ0n) is 7.86. The van der Waals surface area contributed by atoms with Crippen molar-refractivity contribution < 1.29 is 19.2 Å². The average Bonchev–Trinajstić information content (AvgIpc) is 2.62. The SMILES string of the molecule is CCOC(=O)C1=NOC2CC(=O)CC12. The van der Waals surface area contributed by atoms with E-state index in [1.807, 2.05) is 0 Å². The number of nitrogens with zero attached hydrogens (tertiary/aromatic N) is 1. The van der Waals surface area contributed by atoms with Crippen molar-refractivity contribution in [3.8, 4) is 0 Å². The van der Waals surface area contributed by atoms with Gasteiger partial charge in [-0.05, 0) is 6.92 Å². The van der Waals surface area contributed by atoms with E-state index in [1.54, 1.807) is 6.92 Å². The number of carbonyl (C=O) groups excluding carboxylic acids is 2. The highest BCUT2D eigenvalue weighted by Crippen LogP contribution is 2.32. The van der Waals surface area contributed by atoms with Crippen LogP contribution in [-0.4, -0.2) is 30.2 Å². The van der Waals surface area contributed by atoms with Gasteiger partial charge in [-0.3, -0.25) is 4.79 Å². The molecule has 14 heavy (non-hydrogen) atoms. The highest BCUT2D eigenvalue weighted by molar-refractivity contribution is 6.38. The largest absolute Gasteiger partial charge is 0.461 e. The van der Waals surface area contributed by atoms with Crippen LogP contribution in [0.4, 0.5) is 0 Å². The van der Waals surface area contributed by atoms with Crippen LogP contribution in [0, 0.1) is 5.92 Å². The summed E-state index contributed by atoms with van der Waals surface area (Å²) in [4.78, 5) is 27.4. The number of rotatable bonds is 2. The first kappa shape index (κ1) is 9.18. The lowest BCUT2D eigenvalue weighted by atomic mass is 10.0. The van der Waals surface area contributed by atoms with Crippen molar-refractivity contribution in [1.82, 2.24) is 0 Å². The quantitative estimate of drug-likeness (QED) is 0.596. The Bertz CT molecular complexity index is 310. The van der Waals surface area contributed by atoms with Gasteiger partial charge in [-0.15, -0.1) is 0 Å². The molecule has 1 heterocycles. The molecule has 0 amide bonds. The Morgan fingerprint density at radius 2 is 2.43 bits per heavy atom. The molecule has 2 unspecified atom stereocenters. The second-order valence-corrected chi connectivity index (χ2v) is 3.39. The van der Waals surface area contributed by atoms with Gasteiger partial charge in [0.05, 0.1) is 12.5 Å². The van der Waals surface area contributed by atoms with Crippen molar-refractivity contribution in [3.05, 3.63) is 0 Å². The molecule has 0 aromatic rings. The van der Waals surface area contributed by atoms with Crippen LogP contribution in [0.25, 0.3) is 0 Å². The van der Waals surface area contributed by atoms with Crippen LogP contribution in [-0.2, 0) is 19.2 Å². The molecule has 0 N–H and O–H groups in total. The van der Waals surface area contributed by atoms with E-state index in [9.17, 15) is 9.59 Å². The number of carbonyl (C=O) groups is 2. The molecule has 76 valence electrons. The van der Waals surface area contributed by atoms with Gasteiger partial charge in [-0.25, -0.2) is 4.79 Å². The number of esters is 1. The normalized spacial score (nSPS) is 29.5. The molecule has 2 atom stereocenters. The van der Waals surface area contributed by atoms with Crippen molar-refractivity contribution in [2.45, 2.75) is 25.9 Å². The predicted molar refractivity (Wildman–Crippen MR) is 46.7 cm³/mol. The molecule has 0 radical (unpaired) electrons. The van der Waals surface area contributed by atoms with Gasteiger partial charge in [0.25, 0.3) is 0 Å². The van der Waals surface area contributed by atoms with Crippen molar-refractivity contribution >= 4 is 17.5 Å². The van der Waals surface area contributed by atoms with E-state index in [0.717, 1.165) is 0 Å². The number of hydrogen-bond donors (Lipinski definition) is 0. The maximum Gasteiger partial charge on any atom is 0.356 e. The number of oxime groups is 1. The molecule has 1 saturated carbocycles. The number of Topliss-reactive ketones (excluding diaryl/α,β-unsaturated/α-hetero) is 1. The summed E-state index contributed by atoms with van der Waals surface area (Å²) in [6.07, 6.45) is 0.473. The van der Waals surface area contributed by atoms with Crippen molar-refractivity contribution in [3.63, 3.8) is 0 Å². The van der Waals surface area contributed by atoms with Crippen LogP contribution in [0.5, 0.6) is 0 Å². The van der Waals surface area contributed by atoms with E-state index in [1.165, 1.54) is 0 Å². The monoisotopic (exact) mass is 197 g/mol. The maximum atomic E-state index is 11.4. The second-order valence-electron chi connectivity index (χ2n) is 3.39. The van der Waals surface area contributed by atoms with Gasteiger partial charge in [0.2, 0.25) is 0 Å². The summed E-state index contributed by atoms with van der Waals surface area (Å²) in [7, 11) is 0. The zero-order valence-corrected chi connectivity index (χ0v) is 7.86. The Kier molecular flexibility index (Phi) is 2.23. The highest BCUT2D eigenvalue weighted by atomic mass is 16.6. The van der Waals surface area contributed by atoms with E-state index in [0.29, 0.717) is 19.4 Å². The van der Waals surface area contributed by atoms with E-state index in [-0.39, 0.29) is 23.5 Å². The fourth-order valence-corrected chi connectivity index (χ4v) is 1.80. The summed E-state index contributed by atoms with van der Waals surface area (Å²) in [6.45, 7) is 2.04.